The molecule has 0 bridgehead atoms. The molecule has 138 valence electrons. The molecule has 0 radical (unpaired) electrons. The summed E-state index contributed by atoms with van der Waals surface area (Å²) in [4.78, 5) is 25.6. The lowest BCUT2D eigenvalue weighted by Crippen LogP contribution is -2.37. The fourth-order valence-corrected chi connectivity index (χ4v) is 2.43. The molecule has 0 atom stereocenters. The lowest BCUT2D eigenvalue weighted by Gasteiger charge is -2.21. The van der Waals surface area contributed by atoms with Gasteiger partial charge in [-0.2, -0.15) is 0 Å². The molecule has 0 aliphatic rings. The number of amides is 2. The van der Waals surface area contributed by atoms with Crippen molar-refractivity contribution in [2.24, 2.45) is 0 Å². The molecule has 0 fully saturated rings. The second-order valence-corrected chi connectivity index (χ2v) is 5.51. The van der Waals surface area contributed by atoms with E-state index in [1.807, 2.05) is 0 Å². The van der Waals surface area contributed by atoms with Crippen LogP contribution in [0, 0.1) is 5.82 Å². The summed E-state index contributed by atoms with van der Waals surface area (Å²) >= 11 is 0. The van der Waals surface area contributed by atoms with Crippen LogP contribution >= 0.6 is 0 Å². The van der Waals surface area contributed by atoms with Crippen molar-refractivity contribution in [3.05, 3.63) is 53.8 Å². The fourth-order valence-electron chi connectivity index (χ4n) is 2.43. The van der Waals surface area contributed by atoms with Gasteiger partial charge in [0.05, 0.1) is 14.2 Å². The van der Waals surface area contributed by atoms with E-state index in [-0.39, 0.29) is 24.9 Å². The minimum atomic E-state index is -0.429. The SMILES string of the molecule is COc1cc(OC)cc(C(=O)NCCN(C(C)=O)c2cccc(F)c2)c1. The minimum absolute atomic E-state index is 0.203. The number of hydrogen-bond donors (Lipinski definition) is 1. The molecule has 2 amide bonds. The number of carbonyl (C=O) groups is 2. The van der Waals surface area contributed by atoms with Crippen molar-refractivity contribution in [3.63, 3.8) is 0 Å². The molecule has 0 aliphatic heterocycles. The highest BCUT2D eigenvalue weighted by molar-refractivity contribution is 5.95. The molecular weight excluding hydrogens is 339 g/mol. The van der Waals surface area contributed by atoms with Gasteiger partial charge >= 0.3 is 0 Å². The first-order valence-electron chi connectivity index (χ1n) is 7.99. The van der Waals surface area contributed by atoms with Gasteiger partial charge in [-0.15, -0.1) is 0 Å². The third kappa shape index (κ3) is 4.95. The summed E-state index contributed by atoms with van der Waals surface area (Å²) in [6.07, 6.45) is 0. The van der Waals surface area contributed by atoms with E-state index in [1.165, 1.54) is 44.2 Å². The molecule has 0 aromatic heterocycles. The zero-order valence-corrected chi connectivity index (χ0v) is 14.9. The van der Waals surface area contributed by atoms with E-state index in [4.69, 9.17) is 9.47 Å². The Morgan fingerprint density at radius 2 is 1.73 bits per heavy atom. The van der Waals surface area contributed by atoms with Crippen molar-refractivity contribution in [1.82, 2.24) is 5.32 Å². The normalized spacial score (nSPS) is 10.2. The molecule has 6 nitrogen and oxygen atoms in total. The van der Waals surface area contributed by atoms with Crippen LogP contribution in [0.25, 0.3) is 0 Å². The van der Waals surface area contributed by atoms with E-state index in [0.29, 0.717) is 22.7 Å². The van der Waals surface area contributed by atoms with Crippen LogP contribution in [-0.2, 0) is 4.79 Å². The van der Waals surface area contributed by atoms with Crippen molar-refractivity contribution in [3.8, 4) is 11.5 Å². The molecule has 7 heteroatoms. The average molecular weight is 360 g/mol. The highest BCUT2D eigenvalue weighted by Gasteiger charge is 2.14. The zero-order valence-electron chi connectivity index (χ0n) is 14.9. The van der Waals surface area contributed by atoms with E-state index in [1.54, 1.807) is 24.3 Å². The number of halogens is 1. The summed E-state index contributed by atoms with van der Waals surface area (Å²) < 4.78 is 23.7. The first-order chi connectivity index (χ1) is 12.4. The van der Waals surface area contributed by atoms with Gasteiger partial charge in [0.1, 0.15) is 17.3 Å². The van der Waals surface area contributed by atoms with Gasteiger partial charge < -0.3 is 19.7 Å². The lowest BCUT2D eigenvalue weighted by molar-refractivity contribution is -0.116. The Hall–Kier alpha value is -3.09. The minimum Gasteiger partial charge on any atom is -0.497 e. The van der Waals surface area contributed by atoms with Crippen LogP contribution in [0.5, 0.6) is 11.5 Å². The lowest BCUT2D eigenvalue weighted by atomic mass is 10.2. The van der Waals surface area contributed by atoms with Gasteiger partial charge in [-0.1, -0.05) is 6.07 Å². The average Bonchev–Trinajstić information content (AvgIpc) is 2.64. The predicted molar refractivity (Wildman–Crippen MR) is 96.3 cm³/mol. The third-order valence-corrected chi connectivity index (χ3v) is 3.73. The second kappa shape index (κ2) is 8.84. The summed E-state index contributed by atoms with van der Waals surface area (Å²) in [5, 5.41) is 2.73. The molecule has 2 aromatic rings. The Morgan fingerprint density at radius 3 is 2.27 bits per heavy atom. The van der Waals surface area contributed by atoms with Crippen LogP contribution < -0.4 is 19.7 Å². The van der Waals surface area contributed by atoms with Crippen LogP contribution in [-0.4, -0.2) is 39.1 Å². The van der Waals surface area contributed by atoms with Crippen LogP contribution in [0.4, 0.5) is 10.1 Å². The first kappa shape index (κ1) is 19.2. The number of methoxy groups -OCH3 is 2. The van der Waals surface area contributed by atoms with Gasteiger partial charge in [0.25, 0.3) is 5.91 Å². The van der Waals surface area contributed by atoms with Crippen molar-refractivity contribution in [2.45, 2.75) is 6.92 Å². The van der Waals surface area contributed by atoms with Crippen molar-refractivity contribution < 1.29 is 23.5 Å². The first-order valence-corrected chi connectivity index (χ1v) is 7.99. The third-order valence-electron chi connectivity index (χ3n) is 3.73. The van der Waals surface area contributed by atoms with Gasteiger partial charge in [0, 0.05) is 37.3 Å². The summed E-state index contributed by atoms with van der Waals surface area (Å²) in [6, 6.07) is 10.6. The van der Waals surface area contributed by atoms with Gasteiger partial charge in [0.2, 0.25) is 5.91 Å². The van der Waals surface area contributed by atoms with Crippen LogP contribution in [0.3, 0.4) is 0 Å². The maximum absolute atomic E-state index is 13.4. The monoisotopic (exact) mass is 360 g/mol. The number of anilines is 1. The molecule has 0 saturated heterocycles. The number of carbonyl (C=O) groups excluding carboxylic acids is 2. The fraction of sp³-hybridized carbons (Fsp3) is 0.263. The van der Waals surface area contributed by atoms with Crippen molar-refractivity contribution >= 4 is 17.5 Å². The predicted octanol–water partition coefficient (Wildman–Crippen LogP) is 2.63. The number of hydrogen-bond acceptors (Lipinski definition) is 4. The largest absolute Gasteiger partial charge is 0.497 e. The van der Waals surface area contributed by atoms with Gasteiger partial charge in [-0.05, 0) is 30.3 Å². The van der Waals surface area contributed by atoms with Gasteiger partial charge in [-0.3, -0.25) is 9.59 Å². The van der Waals surface area contributed by atoms with Gasteiger partial charge in [0.15, 0.2) is 0 Å². The molecule has 0 spiro atoms. The summed E-state index contributed by atoms with van der Waals surface area (Å²) in [6.45, 7) is 1.81. The smallest absolute Gasteiger partial charge is 0.251 e. The number of nitrogens with zero attached hydrogens (tertiary/aromatic N) is 1. The molecule has 0 heterocycles. The Labute approximate surface area is 151 Å². The Kier molecular flexibility index (Phi) is 6.54. The highest BCUT2D eigenvalue weighted by atomic mass is 19.1. The standard InChI is InChI=1S/C19H21FN2O4/c1-13(23)22(16-6-4-5-15(20)11-16)8-7-21-19(24)14-9-17(25-2)12-18(10-14)26-3/h4-6,9-12H,7-8H2,1-3H3,(H,21,24). The summed E-state index contributed by atoms with van der Waals surface area (Å²) in [5.41, 5.74) is 0.816. The van der Waals surface area contributed by atoms with E-state index in [9.17, 15) is 14.0 Å². The Balaban J connectivity index is 2.03. The maximum Gasteiger partial charge on any atom is 0.251 e. The molecular formula is C19H21FN2O4. The number of ether oxygens (including phenoxy) is 2. The second-order valence-electron chi connectivity index (χ2n) is 5.51. The summed E-state index contributed by atoms with van der Waals surface area (Å²) in [5.74, 6) is -0.00153. The molecule has 26 heavy (non-hydrogen) atoms. The topological polar surface area (TPSA) is 67.9 Å². The van der Waals surface area contributed by atoms with E-state index in [0.717, 1.165) is 0 Å². The molecule has 0 aliphatic carbocycles. The van der Waals surface area contributed by atoms with E-state index < -0.39 is 5.82 Å². The number of nitrogens with one attached hydrogen (secondary N) is 1. The van der Waals surface area contributed by atoms with Crippen molar-refractivity contribution in [2.75, 3.05) is 32.2 Å². The summed E-state index contributed by atoms with van der Waals surface area (Å²) in [7, 11) is 3.00. The number of rotatable bonds is 7. The molecule has 0 saturated carbocycles. The molecule has 1 N–H and O–H groups in total. The molecule has 2 rings (SSSR count). The highest BCUT2D eigenvalue weighted by Crippen LogP contribution is 2.22. The molecule has 2 aromatic carbocycles. The van der Waals surface area contributed by atoms with Crippen LogP contribution in [0.2, 0.25) is 0 Å². The maximum atomic E-state index is 13.4. The Bertz CT molecular complexity index is 773. The van der Waals surface area contributed by atoms with E-state index in [2.05, 4.69) is 5.32 Å². The quantitative estimate of drug-likeness (QED) is 0.824. The number of benzene rings is 2. The van der Waals surface area contributed by atoms with Crippen LogP contribution in [0.1, 0.15) is 17.3 Å². The Morgan fingerprint density at radius 1 is 1.08 bits per heavy atom. The zero-order chi connectivity index (χ0) is 19.1. The van der Waals surface area contributed by atoms with Crippen molar-refractivity contribution in [1.29, 1.82) is 0 Å². The van der Waals surface area contributed by atoms with Gasteiger partial charge in [-0.25, -0.2) is 4.39 Å². The molecule has 0 unspecified atom stereocenters. The van der Waals surface area contributed by atoms with Crippen LogP contribution in [0.15, 0.2) is 42.5 Å². The van der Waals surface area contributed by atoms with E-state index >= 15 is 0 Å².